The Morgan fingerprint density at radius 3 is 2.75 bits per heavy atom. The number of carbonyl (C=O) groups is 1. The quantitative estimate of drug-likeness (QED) is 0.0976. The molecule has 1 aromatic heterocycles. The fourth-order valence-electron chi connectivity index (χ4n) is 5.73. The molecular formula is C35H44N4O5. The molecule has 9 nitrogen and oxygen atoms in total. The third-order valence-electron chi connectivity index (χ3n) is 8.02. The van der Waals surface area contributed by atoms with Gasteiger partial charge >= 0.3 is 5.97 Å². The molecule has 2 atom stereocenters. The van der Waals surface area contributed by atoms with Gasteiger partial charge in [0.2, 0.25) is 5.88 Å². The summed E-state index contributed by atoms with van der Waals surface area (Å²) in [6.45, 7) is 17.4. The lowest BCUT2D eigenvalue weighted by Gasteiger charge is -2.40. The van der Waals surface area contributed by atoms with Crippen molar-refractivity contribution in [3.8, 4) is 0 Å². The van der Waals surface area contributed by atoms with Gasteiger partial charge < -0.3 is 30.0 Å². The molecule has 0 bridgehead atoms. The van der Waals surface area contributed by atoms with Crippen LogP contribution < -0.4 is 5.32 Å². The lowest BCUT2D eigenvalue weighted by Crippen LogP contribution is -2.44. The first-order chi connectivity index (χ1) is 21.3. The second-order valence-electron chi connectivity index (χ2n) is 11.1. The number of carboxylic acids is 1. The van der Waals surface area contributed by atoms with E-state index in [9.17, 15) is 9.90 Å². The number of pyridine rings is 1. The Balaban J connectivity index is 1.50. The zero-order valence-electron chi connectivity index (χ0n) is 26.0. The van der Waals surface area contributed by atoms with E-state index < -0.39 is 5.97 Å². The molecule has 4 rings (SSSR count). The van der Waals surface area contributed by atoms with Crippen LogP contribution >= 0.6 is 0 Å². The summed E-state index contributed by atoms with van der Waals surface area (Å²) < 4.78 is 17.7. The van der Waals surface area contributed by atoms with E-state index in [1.807, 2.05) is 13.0 Å². The van der Waals surface area contributed by atoms with Gasteiger partial charge in [-0.25, -0.2) is 9.78 Å². The van der Waals surface area contributed by atoms with E-state index in [0.717, 1.165) is 62.7 Å². The molecule has 1 aromatic carbocycles. The van der Waals surface area contributed by atoms with Crippen LogP contribution in [0.1, 0.15) is 62.4 Å². The lowest BCUT2D eigenvalue weighted by atomic mass is 9.93. The number of fused-ring (bicyclic) bond motifs is 1. The molecular weight excluding hydrogens is 556 g/mol. The van der Waals surface area contributed by atoms with Crippen molar-refractivity contribution in [2.45, 2.75) is 71.8 Å². The number of nitrogens with one attached hydrogen (secondary N) is 2. The van der Waals surface area contributed by atoms with E-state index in [1.54, 1.807) is 25.1 Å². The predicted octanol–water partition coefficient (Wildman–Crippen LogP) is 6.48. The Morgan fingerprint density at radius 2 is 2.07 bits per heavy atom. The molecule has 0 radical (unpaired) electrons. The van der Waals surface area contributed by atoms with Gasteiger partial charge in [0.05, 0.1) is 18.4 Å². The van der Waals surface area contributed by atoms with Crippen molar-refractivity contribution in [1.29, 1.82) is 5.41 Å². The molecule has 1 fully saturated rings. The highest BCUT2D eigenvalue weighted by Crippen LogP contribution is 2.30. The molecule has 0 spiro atoms. The molecule has 234 valence electrons. The van der Waals surface area contributed by atoms with E-state index in [4.69, 9.17) is 19.6 Å². The van der Waals surface area contributed by atoms with Crippen molar-refractivity contribution in [2.75, 3.05) is 25.1 Å². The van der Waals surface area contributed by atoms with E-state index in [0.29, 0.717) is 41.6 Å². The standard InChI is InChI=1S/C35H44N4O5/c1-6-28-19-27(15-17-43-28)39-16-14-25-18-24(12-13-26(25)21-39)22-44-33(23(4)5)29(7-2)31-10-9-11-32(37-31)38-34(42-8-3)30(20-36)35(40)41/h7,9-13,18,20,27-28,36H,2,4,6,8,14-17,19,21-22H2,1,3,5H3,(H,37,38)(H,40,41)/b33-29-,34-30-,36-20?. The Morgan fingerprint density at radius 1 is 1.25 bits per heavy atom. The molecule has 44 heavy (non-hydrogen) atoms. The van der Waals surface area contributed by atoms with E-state index in [2.05, 4.69) is 53.5 Å². The summed E-state index contributed by atoms with van der Waals surface area (Å²) >= 11 is 0. The first-order valence-corrected chi connectivity index (χ1v) is 15.2. The molecule has 0 amide bonds. The average Bonchev–Trinajstić information content (AvgIpc) is 3.03. The minimum Gasteiger partial charge on any atom is -0.488 e. The summed E-state index contributed by atoms with van der Waals surface area (Å²) in [4.78, 5) is 18.9. The van der Waals surface area contributed by atoms with Crippen molar-refractivity contribution in [3.05, 3.63) is 101 Å². The van der Waals surface area contributed by atoms with Crippen molar-refractivity contribution in [3.63, 3.8) is 0 Å². The summed E-state index contributed by atoms with van der Waals surface area (Å²) in [5.41, 5.74) is 5.47. The molecule has 0 aliphatic carbocycles. The van der Waals surface area contributed by atoms with E-state index in [-0.39, 0.29) is 18.1 Å². The molecule has 1 saturated heterocycles. The number of hydrogen-bond donors (Lipinski definition) is 3. The fourth-order valence-corrected chi connectivity index (χ4v) is 5.73. The van der Waals surface area contributed by atoms with Gasteiger partial charge in [0.1, 0.15) is 23.8 Å². The zero-order valence-corrected chi connectivity index (χ0v) is 26.0. The SMILES string of the molecule is C=C/C(=C(/OCc1ccc2c(c1)CCN(C1CCOC(CC)C1)C2)C(=C)C)c1cccc(N/C(OCC)=C(\C=N)C(=O)O)n1. The maximum absolute atomic E-state index is 11.6. The largest absolute Gasteiger partial charge is 0.488 e. The van der Waals surface area contributed by atoms with Crippen molar-refractivity contribution in [2.24, 2.45) is 0 Å². The van der Waals surface area contributed by atoms with Gasteiger partial charge in [-0.05, 0) is 73.9 Å². The number of benzene rings is 1. The average molecular weight is 601 g/mol. The Kier molecular flexibility index (Phi) is 11.5. The fraction of sp³-hybridized carbons (Fsp3) is 0.400. The smallest absolute Gasteiger partial charge is 0.342 e. The predicted molar refractivity (Wildman–Crippen MR) is 173 cm³/mol. The van der Waals surface area contributed by atoms with Gasteiger partial charge in [-0.15, -0.1) is 0 Å². The molecule has 3 heterocycles. The first-order valence-electron chi connectivity index (χ1n) is 15.2. The van der Waals surface area contributed by atoms with E-state index in [1.165, 1.54) is 11.1 Å². The Labute approximate surface area is 260 Å². The van der Waals surface area contributed by atoms with Gasteiger partial charge in [-0.3, -0.25) is 4.90 Å². The highest BCUT2D eigenvalue weighted by Gasteiger charge is 2.29. The Hall–Kier alpha value is -4.21. The second kappa shape index (κ2) is 15.5. The summed E-state index contributed by atoms with van der Waals surface area (Å²) in [6, 6.07) is 12.5. The summed E-state index contributed by atoms with van der Waals surface area (Å²) in [6.07, 6.45) is 7.09. The van der Waals surface area contributed by atoms with Crippen LogP contribution in [0.2, 0.25) is 0 Å². The zero-order chi connectivity index (χ0) is 31.6. The molecule has 2 unspecified atom stereocenters. The molecule has 2 aliphatic rings. The topological polar surface area (TPSA) is 117 Å². The summed E-state index contributed by atoms with van der Waals surface area (Å²) in [5.74, 6) is -0.416. The number of hydrogen-bond acceptors (Lipinski definition) is 8. The van der Waals surface area contributed by atoms with Gasteiger partial charge in [-0.2, -0.15) is 0 Å². The van der Waals surface area contributed by atoms with Crippen LogP contribution in [0.25, 0.3) is 5.57 Å². The maximum atomic E-state index is 11.6. The van der Waals surface area contributed by atoms with Crippen LogP contribution in [0.4, 0.5) is 5.82 Å². The summed E-state index contributed by atoms with van der Waals surface area (Å²) in [7, 11) is 0. The van der Waals surface area contributed by atoms with Crippen LogP contribution in [0, 0.1) is 5.41 Å². The van der Waals surface area contributed by atoms with Crippen molar-refractivity contribution < 1.29 is 24.1 Å². The van der Waals surface area contributed by atoms with Crippen LogP contribution in [0.3, 0.4) is 0 Å². The number of aliphatic carboxylic acids is 1. The van der Waals surface area contributed by atoms with Gasteiger partial charge in [0.15, 0.2) is 0 Å². The number of nitrogens with zero attached hydrogens (tertiary/aromatic N) is 2. The van der Waals surface area contributed by atoms with Crippen LogP contribution in [-0.4, -0.2) is 59.1 Å². The minimum absolute atomic E-state index is 0.0615. The highest BCUT2D eigenvalue weighted by atomic mass is 16.5. The number of carboxylic acid groups (broad SMARTS) is 1. The third-order valence-corrected chi connectivity index (χ3v) is 8.02. The number of allylic oxidation sites excluding steroid dienone is 3. The van der Waals surface area contributed by atoms with Crippen LogP contribution in [-0.2, 0) is 38.6 Å². The molecule has 0 saturated carbocycles. The van der Waals surface area contributed by atoms with Gasteiger partial charge in [-0.1, -0.05) is 50.4 Å². The van der Waals surface area contributed by atoms with Gasteiger partial charge in [0, 0.05) is 37.5 Å². The van der Waals surface area contributed by atoms with Crippen molar-refractivity contribution >= 4 is 23.6 Å². The number of ether oxygens (including phenoxy) is 3. The highest BCUT2D eigenvalue weighted by molar-refractivity contribution is 6.08. The summed E-state index contributed by atoms with van der Waals surface area (Å²) in [5, 5.41) is 19.8. The second-order valence-corrected chi connectivity index (χ2v) is 11.1. The third kappa shape index (κ3) is 8.03. The molecule has 3 N–H and O–H groups in total. The maximum Gasteiger partial charge on any atom is 0.342 e. The number of rotatable bonds is 14. The normalized spacial score (nSPS) is 19.5. The monoisotopic (exact) mass is 600 g/mol. The van der Waals surface area contributed by atoms with Gasteiger partial charge in [0.25, 0.3) is 0 Å². The molecule has 9 heteroatoms. The van der Waals surface area contributed by atoms with Crippen molar-refractivity contribution in [1.82, 2.24) is 9.88 Å². The van der Waals surface area contributed by atoms with E-state index >= 15 is 0 Å². The van der Waals surface area contributed by atoms with Crippen LogP contribution in [0.15, 0.2) is 78.4 Å². The molecule has 2 aromatic rings. The molecule has 2 aliphatic heterocycles. The first kappa shape index (κ1) is 32.7. The number of aromatic nitrogens is 1. The number of anilines is 1. The van der Waals surface area contributed by atoms with Crippen LogP contribution in [0.5, 0.6) is 0 Å². The Bertz CT molecular complexity index is 1450. The minimum atomic E-state index is -1.28. The lowest BCUT2D eigenvalue weighted by molar-refractivity contribution is -0.132.